The minimum absolute atomic E-state index is 0.00962. The van der Waals surface area contributed by atoms with Gasteiger partial charge in [-0.2, -0.15) is 5.10 Å². The molecule has 17 heavy (non-hydrogen) atoms. The van der Waals surface area contributed by atoms with Crippen LogP contribution in [-0.2, 0) is 4.79 Å². The topological polar surface area (TPSA) is 132 Å². The number of aliphatic hydroxyl groups is 2. The molecule has 2 unspecified atom stereocenters. The fourth-order valence-corrected chi connectivity index (χ4v) is 1.58. The SMILES string of the molecule is O=C(O)C(O)C(O)c1[nH]nc2ncnc(Cl)c12. The van der Waals surface area contributed by atoms with Crippen molar-refractivity contribution in [2.45, 2.75) is 12.2 Å². The third kappa shape index (κ3) is 1.93. The molecule has 2 aromatic heterocycles. The van der Waals surface area contributed by atoms with Crippen LogP contribution in [0.15, 0.2) is 6.33 Å². The molecule has 2 atom stereocenters. The number of halogens is 1. The molecule has 0 spiro atoms. The van der Waals surface area contributed by atoms with Crippen LogP contribution in [0.2, 0.25) is 5.15 Å². The Morgan fingerprint density at radius 2 is 2.12 bits per heavy atom. The number of rotatable bonds is 3. The van der Waals surface area contributed by atoms with Gasteiger partial charge < -0.3 is 15.3 Å². The van der Waals surface area contributed by atoms with E-state index in [0.29, 0.717) is 0 Å². The minimum atomic E-state index is -1.99. The molecule has 9 heteroatoms. The number of H-pyrrole nitrogens is 1. The monoisotopic (exact) mass is 258 g/mol. The Morgan fingerprint density at radius 3 is 2.76 bits per heavy atom. The van der Waals surface area contributed by atoms with E-state index in [1.165, 1.54) is 6.33 Å². The third-order valence-electron chi connectivity index (χ3n) is 2.18. The minimum Gasteiger partial charge on any atom is -0.479 e. The molecule has 4 N–H and O–H groups in total. The molecule has 2 rings (SSSR count). The van der Waals surface area contributed by atoms with Gasteiger partial charge in [-0.1, -0.05) is 11.6 Å². The van der Waals surface area contributed by atoms with E-state index in [-0.39, 0.29) is 21.9 Å². The van der Waals surface area contributed by atoms with Gasteiger partial charge in [-0.05, 0) is 0 Å². The first-order valence-electron chi connectivity index (χ1n) is 4.45. The van der Waals surface area contributed by atoms with Crippen molar-refractivity contribution in [3.63, 3.8) is 0 Å². The highest BCUT2D eigenvalue weighted by atomic mass is 35.5. The summed E-state index contributed by atoms with van der Waals surface area (Å²) in [7, 11) is 0. The summed E-state index contributed by atoms with van der Waals surface area (Å²) in [5.74, 6) is -1.56. The predicted octanol–water partition coefficient (Wildman–Crippen LogP) is -0.515. The molecule has 2 aromatic rings. The number of nitrogens with zero attached hydrogens (tertiary/aromatic N) is 3. The van der Waals surface area contributed by atoms with Gasteiger partial charge in [0.2, 0.25) is 0 Å². The summed E-state index contributed by atoms with van der Waals surface area (Å²) in [5, 5.41) is 33.8. The molecule has 90 valence electrons. The van der Waals surface area contributed by atoms with E-state index in [9.17, 15) is 15.0 Å². The maximum Gasteiger partial charge on any atom is 0.335 e. The lowest BCUT2D eigenvalue weighted by atomic mass is 10.1. The van der Waals surface area contributed by atoms with Gasteiger partial charge in [0.15, 0.2) is 11.8 Å². The number of hydrogen-bond acceptors (Lipinski definition) is 6. The van der Waals surface area contributed by atoms with Crippen molar-refractivity contribution in [3.05, 3.63) is 17.2 Å². The summed E-state index contributed by atoms with van der Waals surface area (Å²) in [6, 6.07) is 0. The molecule has 8 nitrogen and oxygen atoms in total. The molecule has 0 aliphatic rings. The van der Waals surface area contributed by atoms with Crippen LogP contribution in [0.25, 0.3) is 11.0 Å². The molecular weight excluding hydrogens is 252 g/mol. The number of carboxylic acids is 1. The predicted molar refractivity (Wildman–Crippen MR) is 55.3 cm³/mol. The van der Waals surface area contributed by atoms with Crippen molar-refractivity contribution in [1.82, 2.24) is 20.2 Å². The van der Waals surface area contributed by atoms with Gasteiger partial charge in [0.05, 0.1) is 11.1 Å². The van der Waals surface area contributed by atoms with Crippen LogP contribution in [0.4, 0.5) is 0 Å². The van der Waals surface area contributed by atoms with Crippen LogP contribution in [0, 0.1) is 0 Å². The Hall–Kier alpha value is -1.77. The molecule has 0 aromatic carbocycles. The normalized spacial score (nSPS) is 14.8. The van der Waals surface area contributed by atoms with Gasteiger partial charge in [-0.25, -0.2) is 14.8 Å². The Kier molecular flexibility index (Phi) is 2.92. The summed E-state index contributed by atoms with van der Waals surface area (Å²) in [4.78, 5) is 18.0. The number of nitrogens with one attached hydrogen (secondary N) is 1. The van der Waals surface area contributed by atoms with E-state index in [1.807, 2.05) is 0 Å². The van der Waals surface area contributed by atoms with Crippen LogP contribution in [0.3, 0.4) is 0 Å². The van der Waals surface area contributed by atoms with Crippen molar-refractivity contribution in [3.8, 4) is 0 Å². The number of hydrogen-bond donors (Lipinski definition) is 4. The van der Waals surface area contributed by atoms with Gasteiger partial charge in [0.25, 0.3) is 0 Å². The van der Waals surface area contributed by atoms with Crippen LogP contribution >= 0.6 is 11.6 Å². The molecule has 0 bridgehead atoms. The zero-order valence-electron chi connectivity index (χ0n) is 8.20. The number of fused-ring (bicyclic) bond motifs is 1. The summed E-state index contributed by atoms with van der Waals surface area (Å²) >= 11 is 5.78. The van der Waals surface area contributed by atoms with E-state index in [2.05, 4.69) is 20.2 Å². The van der Waals surface area contributed by atoms with Crippen molar-refractivity contribution in [2.24, 2.45) is 0 Å². The number of carbonyl (C=O) groups is 1. The maximum atomic E-state index is 10.5. The average Bonchev–Trinajstić information content (AvgIpc) is 2.72. The highest BCUT2D eigenvalue weighted by molar-refractivity contribution is 6.34. The standard InChI is InChI=1S/C8H7ClN4O4/c9-6-2-3(4(14)5(15)8(16)17)12-13-7(2)11-1-10-6/h1,4-5,14-15H,(H,16,17)(H,10,11,12,13). The Bertz CT molecular complexity index is 572. The van der Waals surface area contributed by atoms with E-state index in [1.54, 1.807) is 0 Å². The first kappa shape index (κ1) is 11.7. The number of aliphatic hydroxyl groups excluding tert-OH is 2. The largest absolute Gasteiger partial charge is 0.479 e. The lowest BCUT2D eigenvalue weighted by Crippen LogP contribution is -2.27. The Labute approximate surface area is 98.9 Å². The second-order valence-electron chi connectivity index (χ2n) is 3.23. The molecule has 0 saturated carbocycles. The van der Waals surface area contributed by atoms with Gasteiger partial charge in [0.1, 0.15) is 17.6 Å². The van der Waals surface area contributed by atoms with Gasteiger partial charge >= 0.3 is 5.97 Å². The van der Waals surface area contributed by atoms with Gasteiger partial charge in [0, 0.05) is 0 Å². The summed E-state index contributed by atoms with van der Waals surface area (Å²) in [5.41, 5.74) is 0.136. The fraction of sp³-hybridized carbons (Fsp3) is 0.250. The van der Waals surface area contributed by atoms with Crippen LogP contribution in [-0.4, -0.2) is 47.6 Å². The van der Waals surface area contributed by atoms with E-state index in [0.717, 1.165) is 0 Å². The molecular formula is C8H7ClN4O4. The molecule has 0 aliphatic heterocycles. The second-order valence-corrected chi connectivity index (χ2v) is 3.59. The zero-order valence-corrected chi connectivity index (χ0v) is 8.96. The highest BCUT2D eigenvalue weighted by Gasteiger charge is 2.29. The highest BCUT2D eigenvalue weighted by Crippen LogP contribution is 2.27. The summed E-state index contributed by atoms with van der Waals surface area (Å²) in [6.45, 7) is 0. The zero-order chi connectivity index (χ0) is 12.6. The number of aromatic amines is 1. The quantitative estimate of drug-likeness (QED) is 0.545. The van der Waals surface area contributed by atoms with Gasteiger partial charge in [-0.15, -0.1) is 0 Å². The average molecular weight is 259 g/mol. The number of aliphatic carboxylic acids is 1. The van der Waals surface area contributed by atoms with Crippen LogP contribution < -0.4 is 0 Å². The summed E-state index contributed by atoms with van der Waals surface area (Å²) in [6.07, 6.45) is -2.51. The van der Waals surface area contributed by atoms with Crippen molar-refractivity contribution >= 4 is 28.6 Å². The third-order valence-corrected chi connectivity index (χ3v) is 2.47. The molecule has 0 saturated heterocycles. The lowest BCUT2D eigenvalue weighted by molar-refractivity contribution is -0.153. The molecule has 0 radical (unpaired) electrons. The molecule has 2 heterocycles. The Balaban J connectivity index is 2.52. The van der Waals surface area contributed by atoms with E-state index < -0.39 is 18.2 Å². The van der Waals surface area contributed by atoms with E-state index >= 15 is 0 Å². The molecule has 0 aliphatic carbocycles. The van der Waals surface area contributed by atoms with Crippen molar-refractivity contribution < 1.29 is 20.1 Å². The number of aromatic nitrogens is 4. The lowest BCUT2D eigenvalue weighted by Gasteiger charge is -2.12. The van der Waals surface area contributed by atoms with E-state index in [4.69, 9.17) is 16.7 Å². The number of carboxylic acid groups (broad SMARTS) is 1. The first-order valence-corrected chi connectivity index (χ1v) is 4.83. The van der Waals surface area contributed by atoms with Crippen LogP contribution in [0.1, 0.15) is 11.8 Å². The van der Waals surface area contributed by atoms with Crippen molar-refractivity contribution in [1.29, 1.82) is 0 Å². The summed E-state index contributed by atoms with van der Waals surface area (Å²) < 4.78 is 0. The fourth-order valence-electron chi connectivity index (χ4n) is 1.35. The Morgan fingerprint density at radius 1 is 1.41 bits per heavy atom. The van der Waals surface area contributed by atoms with Crippen LogP contribution in [0.5, 0.6) is 0 Å². The maximum absolute atomic E-state index is 10.5. The molecule has 0 amide bonds. The molecule has 0 fully saturated rings. The van der Waals surface area contributed by atoms with Crippen molar-refractivity contribution in [2.75, 3.05) is 0 Å². The smallest absolute Gasteiger partial charge is 0.335 e. The van der Waals surface area contributed by atoms with Gasteiger partial charge in [-0.3, -0.25) is 5.10 Å². The second kappa shape index (κ2) is 4.24. The first-order chi connectivity index (χ1) is 8.02.